The average molecular weight is 623 g/mol. The van der Waals surface area contributed by atoms with Crippen LogP contribution in [-0.4, -0.2) is 26.1 Å². The second-order valence-corrected chi connectivity index (χ2v) is 11.9. The van der Waals surface area contributed by atoms with Crippen molar-refractivity contribution in [2.24, 2.45) is 4.99 Å². The van der Waals surface area contributed by atoms with Crippen LogP contribution >= 0.6 is 22.9 Å². The molecule has 44 heavy (non-hydrogen) atoms. The number of carbonyl (C=O) groups is 2. The Bertz CT molecular complexity index is 2140. The molecule has 2 N–H and O–H groups in total. The maximum atomic E-state index is 14.1. The number of fused-ring (bicyclic) bond motifs is 1. The van der Waals surface area contributed by atoms with E-state index < -0.39 is 12.0 Å². The van der Waals surface area contributed by atoms with Crippen LogP contribution in [0.3, 0.4) is 0 Å². The van der Waals surface area contributed by atoms with Crippen molar-refractivity contribution in [1.29, 1.82) is 0 Å². The molecule has 3 heterocycles. The highest BCUT2D eigenvalue weighted by Gasteiger charge is 2.32. The summed E-state index contributed by atoms with van der Waals surface area (Å²) in [7, 11) is 0. The number of benzene rings is 3. The van der Waals surface area contributed by atoms with Gasteiger partial charge in [0.15, 0.2) is 4.80 Å². The molecule has 8 nitrogen and oxygen atoms in total. The number of hydrogen-bond donors (Lipinski definition) is 2. The predicted molar refractivity (Wildman–Crippen MR) is 172 cm³/mol. The molecule has 0 spiro atoms. The van der Waals surface area contributed by atoms with Crippen molar-refractivity contribution in [3.8, 4) is 5.69 Å². The number of thiazole rings is 1. The minimum Gasteiger partial charge on any atom is -0.478 e. The molecule has 0 aliphatic carbocycles. The second-order valence-electron chi connectivity index (χ2n) is 10.5. The fourth-order valence-corrected chi connectivity index (χ4v) is 6.68. The molecule has 0 saturated heterocycles. The lowest BCUT2D eigenvalue weighted by Gasteiger charge is -2.25. The van der Waals surface area contributed by atoms with Gasteiger partial charge in [0.05, 0.1) is 27.4 Å². The largest absolute Gasteiger partial charge is 0.478 e. The smallest absolute Gasteiger partial charge is 0.335 e. The summed E-state index contributed by atoms with van der Waals surface area (Å²) in [6, 6.07) is 24.2. The summed E-state index contributed by atoms with van der Waals surface area (Å²) in [6.07, 6.45) is 1.84. The van der Waals surface area contributed by atoms with E-state index in [0.29, 0.717) is 31.3 Å². The highest BCUT2D eigenvalue weighted by Crippen LogP contribution is 2.31. The Morgan fingerprint density at radius 1 is 0.977 bits per heavy atom. The first kappa shape index (κ1) is 29.1. The third-order valence-electron chi connectivity index (χ3n) is 7.61. The first-order chi connectivity index (χ1) is 21.1. The van der Waals surface area contributed by atoms with Gasteiger partial charge in [-0.05, 0) is 92.6 Å². The molecule has 1 aliphatic rings. The number of para-hydroxylation sites is 1. The number of halogens is 1. The van der Waals surface area contributed by atoms with Crippen molar-refractivity contribution >= 4 is 46.6 Å². The molecular weight excluding hydrogens is 596 g/mol. The van der Waals surface area contributed by atoms with E-state index in [0.717, 1.165) is 28.2 Å². The molecule has 0 radical (unpaired) electrons. The van der Waals surface area contributed by atoms with Crippen LogP contribution in [0.4, 0.5) is 5.69 Å². The van der Waals surface area contributed by atoms with Crippen molar-refractivity contribution in [1.82, 2.24) is 9.13 Å². The number of amides is 1. The number of allylic oxidation sites excluding steroid dienone is 1. The summed E-state index contributed by atoms with van der Waals surface area (Å²) in [5, 5.41) is 12.8. The van der Waals surface area contributed by atoms with Gasteiger partial charge in [0, 0.05) is 27.8 Å². The molecule has 3 aromatic carbocycles. The maximum Gasteiger partial charge on any atom is 0.335 e. The SMILES string of the molecule is CC1=C(C(=O)Nc2ccccc2)[C@@H](c2ccc(Cl)cc2)n2c(s/c(=C\c3cc(C)n(-c4ccc(C(=O)O)cc4)c3C)c2=O)=N1. The molecule has 0 unspecified atom stereocenters. The van der Waals surface area contributed by atoms with Gasteiger partial charge in [0.2, 0.25) is 0 Å². The van der Waals surface area contributed by atoms with Gasteiger partial charge in [-0.3, -0.25) is 14.2 Å². The molecule has 1 aliphatic heterocycles. The number of rotatable bonds is 6. The zero-order valence-electron chi connectivity index (χ0n) is 24.0. The number of aromatic carboxylic acids is 1. The van der Waals surface area contributed by atoms with E-state index in [9.17, 15) is 19.5 Å². The van der Waals surface area contributed by atoms with Crippen LogP contribution in [0.15, 0.2) is 106 Å². The fraction of sp³-hybridized carbons (Fsp3) is 0.118. The van der Waals surface area contributed by atoms with Gasteiger partial charge in [-0.25, -0.2) is 9.79 Å². The van der Waals surface area contributed by atoms with Gasteiger partial charge in [-0.2, -0.15) is 0 Å². The van der Waals surface area contributed by atoms with E-state index >= 15 is 0 Å². The van der Waals surface area contributed by atoms with Crippen molar-refractivity contribution in [3.63, 3.8) is 0 Å². The number of carbonyl (C=O) groups excluding carboxylic acids is 1. The summed E-state index contributed by atoms with van der Waals surface area (Å²) in [5.74, 6) is -1.33. The molecular formula is C34H27ClN4O4S. The number of nitrogens with one attached hydrogen (secondary N) is 1. The fourth-order valence-electron chi connectivity index (χ4n) is 5.52. The van der Waals surface area contributed by atoms with E-state index in [1.165, 1.54) is 11.3 Å². The zero-order chi connectivity index (χ0) is 31.1. The van der Waals surface area contributed by atoms with E-state index in [2.05, 4.69) is 5.32 Å². The Morgan fingerprint density at radius 3 is 2.32 bits per heavy atom. The highest BCUT2D eigenvalue weighted by atomic mass is 35.5. The average Bonchev–Trinajstić information content (AvgIpc) is 3.46. The zero-order valence-corrected chi connectivity index (χ0v) is 25.6. The number of nitrogens with zero attached hydrogens (tertiary/aromatic N) is 3. The van der Waals surface area contributed by atoms with Gasteiger partial charge in [0.25, 0.3) is 11.5 Å². The normalized spacial score (nSPS) is 14.7. The Kier molecular flexibility index (Phi) is 7.67. The predicted octanol–water partition coefficient (Wildman–Crippen LogP) is 5.63. The molecule has 10 heteroatoms. The third kappa shape index (κ3) is 5.32. The van der Waals surface area contributed by atoms with Crippen LogP contribution in [0.2, 0.25) is 5.02 Å². The van der Waals surface area contributed by atoms with E-state index in [4.69, 9.17) is 16.6 Å². The number of aryl methyl sites for hydroxylation is 1. The number of anilines is 1. The van der Waals surface area contributed by atoms with Crippen molar-refractivity contribution in [3.05, 3.63) is 149 Å². The molecule has 220 valence electrons. The molecule has 6 rings (SSSR count). The summed E-state index contributed by atoms with van der Waals surface area (Å²) in [6.45, 7) is 5.69. The Hall–Kier alpha value is -4.99. The van der Waals surface area contributed by atoms with Crippen molar-refractivity contribution in [2.45, 2.75) is 26.8 Å². The lowest BCUT2D eigenvalue weighted by atomic mass is 9.95. The van der Waals surface area contributed by atoms with Gasteiger partial charge >= 0.3 is 5.97 Å². The topological polar surface area (TPSA) is 106 Å². The Labute approximate surface area is 261 Å². The number of carboxylic acid groups (broad SMARTS) is 1. The Balaban J connectivity index is 1.46. The lowest BCUT2D eigenvalue weighted by molar-refractivity contribution is -0.113. The quantitative estimate of drug-likeness (QED) is 0.256. The molecule has 5 aromatic rings. The molecule has 2 aromatic heterocycles. The summed E-state index contributed by atoms with van der Waals surface area (Å²) in [5.41, 5.74) is 5.70. The Morgan fingerprint density at radius 2 is 1.66 bits per heavy atom. The van der Waals surface area contributed by atoms with Crippen LogP contribution in [0, 0.1) is 13.8 Å². The first-order valence-electron chi connectivity index (χ1n) is 13.8. The van der Waals surface area contributed by atoms with Crippen LogP contribution in [0.25, 0.3) is 11.8 Å². The van der Waals surface area contributed by atoms with E-state index in [1.54, 1.807) is 60.0 Å². The highest BCUT2D eigenvalue weighted by molar-refractivity contribution is 7.07. The van der Waals surface area contributed by atoms with Gasteiger partial charge in [-0.1, -0.05) is 53.3 Å². The monoisotopic (exact) mass is 622 g/mol. The summed E-state index contributed by atoms with van der Waals surface area (Å²) in [4.78, 5) is 44.4. The number of carboxylic acids is 1. The minimum atomic E-state index is -0.985. The van der Waals surface area contributed by atoms with Crippen LogP contribution < -0.4 is 20.2 Å². The van der Waals surface area contributed by atoms with E-state index in [-0.39, 0.29) is 17.0 Å². The standard InChI is InChI=1S/C34H27ClN4O4S/c1-19-17-24(21(3)38(19)27-15-11-23(12-16-27)33(42)43)18-28-32(41)39-30(22-9-13-25(35)14-10-22)29(20(2)36-34(39)44-28)31(40)37-26-7-5-4-6-8-26/h4-18,30H,1-3H3,(H,37,40)(H,42,43)/b28-18-/t30-/m1/s1. The lowest BCUT2D eigenvalue weighted by Crippen LogP contribution is -2.40. The van der Waals surface area contributed by atoms with Crippen LogP contribution in [-0.2, 0) is 4.79 Å². The first-order valence-corrected chi connectivity index (χ1v) is 15.0. The second kappa shape index (κ2) is 11.6. The molecule has 1 atom stereocenters. The minimum absolute atomic E-state index is 0.208. The van der Waals surface area contributed by atoms with Gasteiger partial charge in [0.1, 0.15) is 0 Å². The van der Waals surface area contributed by atoms with E-state index in [1.807, 2.05) is 60.9 Å². The van der Waals surface area contributed by atoms with Crippen molar-refractivity contribution < 1.29 is 14.7 Å². The number of hydrogen-bond acceptors (Lipinski definition) is 5. The van der Waals surface area contributed by atoms with Gasteiger partial charge in [-0.15, -0.1) is 0 Å². The van der Waals surface area contributed by atoms with Crippen LogP contribution in [0.1, 0.15) is 45.8 Å². The maximum absolute atomic E-state index is 14.1. The molecule has 0 fully saturated rings. The van der Waals surface area contributed by atoms with Crippen molar-refractivity contribution in [2.75, 3.05) is 5.32 Å². The third-order valence-corrected chi connectivity index (χ3v) is 8.85. The number of aromatic nitrogens is 2. The molecule has 0 saturated carbocycles. The van der Waals surface area contributed by atoms with Gasteiger partial charge < -0.3 is 15.0 Å². The molecule has 1 amide bonds. The van der Waals surface area contributed by atoms with Crippen LogP contribution in [0.5, 0.6) is 0 Å². The summed E-state index contributed by atoms with van der Waals surface area (Å²) >= 11 is 7.46. The molecule has 0 bridgehead atoms. The summed E-state index contributed by atoms with van der Waals surface area (Å²) < 4.78 is 4.07.